The van der Waals surface area contributed by atoms with E-state index in [1.54, 1.807) is 28.4 Å². The summed E-state index contributed by atoms with van der Waals surface area (Å²) in [6.45, 7) is 6.21. The number of nitrogen functional groups attached to an aromatic ring is 1. The highest BCUT2D eigenvalue weighted by molar-refractivity contribution is 5.87. The zero-order valence-corrected chi connectivity index (χ0v) is 19.3. The monoisotopic (exact) mass is 462 g/mol. The fourth-order valence-corrected chi connectivity index (χ4v) is 3.70. The standard InChI is InChI=1S/C23H26N8O3/c1-4-34-21(33)19-10-11-30(28-19)17-7-5-6-16(12-17)13-25-20(32)9-8-18-14(2)26-23-27-22(24)29-31(23)15(18)3/h5-7,10-12H,4,8-9,13H2,1-3H3,(H2,24,29)(H,25,32). The minimum absolute atomic E-state index is 0.0777. The third kappa shape index (κ3) is 4.87. The number of anilines is 1. The van der Waals surface area contributed by atoms with Crippen LogP contribution in [0.5, 0.6) is 0 Å². The molecule has 1 aromatic carbocycles. The van der Waals surface area contributed by atoms with Crippen LogP contribution in [0.3, 0.4) is 0 Å². The Labute approximate surface area is 196 Å². The summed E-state index contributed by atoms with van der Waals surface area (Å²) >= 11 is 0. The molecule has 176 valence electrons. The van der Waals surface area contributed by atoms with Crippen molar-refractivity contribution in [3.8, 4) is 5.69 Å². The lowest BCUT2D eigenvalue weighted by atomic mass is 10.1. The van der Waals surface area contributed by atoms with E-state index in [-0.39, 0.29) is 17.5 Å². The molecular formula is C23H26N8O3. The molecule has 3 heterocycles. The molecule has 3 N–H and O–H groups in total. The highest BCUT2D eigenvalue weighted by Crippen LogP contribution is 2.16. The zero-order chi connectivity index (χ0) is 24.2. The van der Waals surface area contributed by atoms with Crippen LogP contribution in [0.15, 0.2) is 36.5 Å². The van der Waals surface area contributed by atoms with Gasteiger partial charge in [-0.15, -0.1) is 5.10 Å². The molecule has 0 fully saturated rings. The molecule has 0 bridgehead atoms. The molecule has 11 heteroatoms. The molecule has 0 atom stereocenters. The fraction of sp³-hybridized carbons (Fsp3) is 0.304. The van der Waals surface area contributed by atoms with Crippen molar-refractivity contribution < 1.29 is 14.3 Å². The molecule has 0 aliphatic heterocycles. The summed E-state index contributed by atoms with van der Waals surface area (Å²) in [6.07, 6.45) is 2.53. The number of nitrogens with two attached hydrogens (primary N) is 1. The molecule has 34 heavy (non-hydrogen) atoms. The van der Waals surface area contributed by atoms with E-state index in [4.69, 9.17) is 10.5 Å². The van der Waals surface area contributed by atoms with Crippen molar-refractivity contribution >= 4 is 23.6 Å². The molecule has 4 rings (SSSR count). The maximum Gasteiger partial charge on any atom is 0.358 e. The molecular weight excluding hydrogens is 436 g/mol. The smallest absolute Gasteiger partial charge is 0.358 e. The van der Waals surface area contributed by atoms with E-state index < -0.39 is 5.97 Å². The summed E-state index contributed by atoms with van der Waals surface area (Å²) < 4.78 is 8.18. The first-order valence-corrected chi connectivity index (χ1v) is 10.9. The highest BCUT2D eigenvalue weighted by atomic mass is 16.5. The Morgan fingerprint density at radius 1 is 1.15 bits per heavy atom. The topological polar surface area (TPSA) is 142 Å². The van der Waals surface area contributed by atoms with Gasteiger partial charge in [0.2, 0.25) is 11.9 Å². The van der Waals surface area contributed by atoms with Crippen LogP contribution in [-0.2, 0) is 22.5 Å². The van der Waals surface area contributed by atoms with Crippen LogP contribution in [0.1, 0.15) is 46.3 Å². The van der Waals surface area contributed by atoms with Crippen LogP contribution in [-0.4, -0.2) is 47.8 Å². The van der Waals surface area contributed by atoms with Gasteiger partial charge in [-0.25, -0.2) is 14.5 Å². The molecule has 0 aliphatic rings. The molecule has 11 nitrogen and oxygen atoms in total. The van der Waals surface area contributed by atoms with E-state index in [9.17, 15) is 9.59 Å². The quantitative estimate of drug-likeness (QED) is 0.378. The number of ether oxygens (including phenoxy) is 1. The molecule has 0 aliphatic carbocycles. The van der Waals surface area contributed by atoms with Gasteiger partial charge in [-0.1, -0.05) is 12.1 Å². The summed E-state index contributed by atoms with van der Waals surface area (Å²) in [7, 11) is 0. The predicted octanol–water partition coefficient (Wildman–Crippen LogP) is 1.93. The number of hydrogen-bond acceptors (Lipinski definition) is 8. The van der Waals surface area contributed by atoms with E-state index in [1.165, 1.54) is 0 Å². The molecule has 0 saturated carbocycles. The number of aromatic nitrogens is 6. The lowest BCUT2D eigenvalue weighted by molar-refractivity contribution is -0.121. The van der Waals surface area contributed by atoms with Gasteiger partial charge >= 0.3 is 5.97 Å². The molecule has 0 radical (unpaired) electrons. The summed E-state index contributed by atoms with van der Waals surface area (Å²) in [5.74, 6) is 0.0781. The first kappa shape index (κ1) is 22.9. The van der Waals surface area contributed by atoms with Crippen molar-refractivity contribution in [1.82, 2.24) is 34.7 Å². The summed E-state index contributed by atoms with van der Waals surface area (Å²) in [6, 6.07) is 9.18. The summed E-state index contributed by atoms with van der Waals surface area (Å²) in [5, 5.41) is 11.4. The minimum Gasteiger partial charge on any atom is -0.461 e. The van der Waals surface area contributed by atoms with E-state index in [2.05, 4.69) is 25.5 Å². The Hall–Kier alpha value is -4.28. The minimum atomic E-state index is -0.461. The number of carbonyl (C=O) groups excluding carboxylic acids is 2. The number of nitrogens with one attached hydrogen (secondary N) is 1. The molecule has 4 aromatic rings. The van der Waals surface area contributed by atoms with Crippen LogP contribution < -0.4 is 11.1 Å². The molecule has 0 unspecified atom stereocenters. The Morgan fingerprint density at radius 3 is 2.76 bits per heavy atom. The number of hydrogen-bond donors (Lipinski definition) is 2. The van der Waals surface area contributed by atoms with Gasteiger partial charge in [0.25, 0.3) is 5.78 Å². The van der Waals surface area contributed by atoms with Gasteiger partial charge in [0.05, 0.1) is 12.3 Å². The first-order chi connectivity index (χ1) is 16.4. The van der Waals surface area contributed by atoms with Crippen molar-refractivity contribution in [1.29, 1.82) is 0 Å². The van der Waals surface area contributed by atoms with Crippen molar-refractivity contribution in [2.45, 2.75) is 40.2 Å². The number of carbonyl (C=O) groups is 2. The lowest BCUT2D eigenvalue weighted by Gasteiger charge is -2.11. The van der Waals surface area contributed by atoms with Crippen LogP contribution in [0.4, 0.5) is 5.95 Å². The predicted molar refractivity (Wildman–Crippen MR) is 124 cm³/mol. The van der Waals surface area contributed by atoms with Gasteiger partial charge in [0.15, 0.2) is 5.69 Å². The number of fused-ring (bicyclic) bond motifs is 1. The van der Waals surface area contributed by atoms with E-state index >= 15 is 0 Å². The average molecular weight is 463 g/mol. The molecule has 0 saturated heterocycles. The molecule has 1 amide bonds. The number of rotatable bonds is 8. The Kier molecular flexibility index (Phi) is 6.53. The van der Waals surface area contributed by atoms with Crippen LogP contribution in [0, 0.1) is 13.8 Å². The van der Waals surface area contributed by atoms with Crippen molar-refractivity contribution in [2.24, 2.45) is 0 Å². The number of amides is 1. The van der Waals surface area contributed by atoms with Gasteiger partial charge in [0, 0.05) is 30.6 Å². The zero-order valence-electron chi connectivity index (χ0n) is 19.3. The number of esters is 1. The Balaban J connectivity index is 1.37. The van der Waals surface area contributed by atoms with Crippen LogP contribution in [0.25, 0.3) is 11.5 Å². The van der Waals surface area contributed by atoms with Gasteiger partial charge in [-0.2, -0.15) is 14.6 Å². The summed E-state index contributed by atoms with van der Waals surface area (Å²) in [5.41, 5.74) is 10.2. The Bertz CT molecular complexity index is 1360. The SMILES string of the molecule is CCOC(=O)c1ccn(-c2cccc(CNC(=O)CCc3c(C)nc4nc(N)nn4c3C)c2)n1. The van der Waals surface area contributed by atoms with Crippen LogP contribution >= 0.6 is 0 Å². The second kappa shape index (κ2) is 9.69. The number of nitrogens with zero attached hydrogens (tertiary/aromatic N) is 6. The second-order valence-electron chi connectivity index (χ2n) is 7.76. The van der Waals surface area contributed by atoms with Crippen molar-refractivity contribution in [2.75, 3.05) is 12.3 Å². The van der Waals surface area contributed by atoms with Crippen molar-refractivity contribution in [3.05, 3.63) is 64.7 Å². The van der Waals surface area contributed by atoms with Crippen molar-refractivity contribution in [3.63, 3.8) is 0 Å². The van der Waals surface area contributed by atoms with Gasteiger partial charge in [0.1, 0.15) is 0 Å². The van der Waals surface area contributed by atoms with E-state index in [0.717, 1.165) is 28.2 Å². The normalized spacial score (nSPS) is 11.0. The van der Waals surface area contributed by atoms with E-state index in [1.807, 2.05) is 38.1 Å². The fourth-order valence-electron chi connectivity index (χ4n) is 3.70. The maximum atomic E-state index is 12.5. The number of benzene rings is 1. The van der Waals surface area contributed by atoms with Gasteiger partial charge in [-0.3, -0.25) is 4.79 Å². The maximum absolute atomic E-state index is 12.5. The third-order valence-electron chi connectivity index (χ3n) is 5.41. The van der Waals surface area contributed by atoms with E-state index in [0.29, 0.717) is 31.8 Å². The summed E-state index contributed by atoms with van der Waals surface area (Å²) in [4.78, 5) is 32.9. The first-order valence-electron chi connectivity index (χ1n) is 10.9. The molecule has 3 aromatic heterocycles. The second-order valence-corrected chi connectivity index (χ2v) is 7.76. The number of aryl methyl sites for hydroxylation is 2. The lowest BCUT2D eigenvalue weighted by Crippen LogP contribution is -2.23. The third-order valence-corrected chi connectivity index (χ3v) is 5.41. The van der Waals surface area contributed by atoms with Crippen LogP contribution in [0.2, 0.25) is 0 Å². The Morgan fingerprint density at radius 2 is 1.97 bits per heavy atom. The largest absolute Gasteiger partial charge is 0.461 e. The van der Waals surface area contributed by atoms with Gasteiger partial charge < -0.3 is 15.8 Å². The molecule has 0 spiro atoms. The van der Waals surface area contributed by atoms with Gasteiger partial charge in [-0.05, 0) is 56.5 Å². The highest BCUT2D eigenvalue weighted by Gasteiger charge is 2.14. The average Bonchev–Trinajstić information content (AvgIpc) is 3.45.